The van der Waals surface area contributed by atoms with Crippen LogP contribution >= 0.6 is 23.5 Å². The molecule has 0 aliphatic carbocycles. The fourth-order valence-electron chi connectivity index (χ4n) is 11.0. The minimum absolute atomic E-state index is 0.0383. The van der Waals surface area contributed by atoms with E-state index in [-0.39, 0.29) is 48.4 Å². The molecule has 7 unspecified atom stereocenters. The van der Waals surface area contributed by atoms with E-state index in [1.165, 1.54) is 225 Å². The van der Waals surface area contributed by atoms with Crippen LogP contribution in [0, 0.1) is 0 Å². The number of thioether (sulfide) groups is 2. The van der Waals surface area contributed by atoms with E-state index < -0.39 is 6.10 Å². The van der Waals surface area contributed by atoms with Crippen molar-refractivity contribution in [2.45, 2.75) is 366 Å². The van der Waals surface area contributed by atoms with Gasteiger partial charge >= 0.3 is 11.9 Å². The van der Waals surface area contributed by atoms with E-state index in [4.69, 9.17) is 9.47 Å². The van der Waals surface area contributed by atoms with Crippen LogP contribution in [0.4, 0.5) is 0 Å². The van der Waals surface area contributed by atoms with Crippen LogP contribution in [0.15, 0.2) is 0 Å². The van der Waals surface area contributed by atoms with Crippen molar-refractivity contribution in [3.63, 3.8) is 0 Å². The second-order valence-electron chi connectivity index (χ2n) is 23.9. The second-order valence-corrected chi connectivity index (χ2v) is 26.1. The maximum Gasteiger partial charge on any atom is 0.324 e. The lowest BCUT2D eigenvalue weighted by Gasteiger charge is -2.39. The molecule has 0 spiro atoms. The minimum Gasteiger partial charge on any atom is -0.460 e. The zero-order valence-electron chi connectivity index (χ0n) is 51.5. The Kier molecular flexibility index (Phi) is 54.1. The van der Waals surface area contributed by atoms with Crippen molar-refractivity contribution >= 4 is 35.5 Å². The lowest BCUT2D eigenvalue weighted by Crippen LogP contribution is -2.55. The number of hydrogen-bond donors (Lipinski definition) is 4. The highest BCUT2D eigenvalue weighted by Gasteiger charge is 2.37. The number of unbranched alkanes of at least 4 members (excludes halogenated alkanes) is 35. The van der Waals surface area contributed by atoms with E-state index in [1.54, 1.807) is 23.5 Å². The molecule has 2 aliphatic heterocycles. The number of aliphatic hydroxyl groups excluding tert-OH is 3. The number of hydrogen-bond acceptors (Lipinski definition) is 11. The molecule has 0 aromatic rings. The number of β-amino-alcohol motifs (C(OH)–C–C–N with tert-alkyl or cyclic N) is 1. The Morgan fingerprint density at radius 1 is 0.429 bits per heavy atom. The number of cyclic esters (lactones) is 2. The van der Waals surface area contributed by atoms with Crippen molar-refractivity contribution < 1.29 is 34.4 Å². The number of ether oxygens (including phenoxy) is 2. The molecule has 7 atom stereocenters. The molecule has 11 heteroatoms. The maximum absolute atomic E-state index is 13.2. The Morgan fingerprint density at radius 3 is 1.14 bits per heavy atom. The summed E-state index contributed by atoms with van der Waals surface area (Å²) in [4.78, 5) is 27.7. The standard InChI is InChI=1S/C39H77NO4S.C27H53NO3S/c1-4-7-10-13-16-19-22-25-28-35(41)31-40-32-37(30-27-24-21-18-15-12-9-6-3)44-39(43)38(40)34-45-33-36(42)29-26-23-20-17-14-11-8-5-2;1-3-5-7-9-11-13-15-17-19-24(29)22-32-23-26-27(30)31-25(21-28-26)20-18-16-14-12-10-8-6-4-2/h35-38,41-42H,4-34H2,1-3H3;24-26,28-29H,3-23H2,1-2H3. The Morgan fingerprint density at radius 2 is 0.753 bits per heavy atom. The second kappa shape index (κ2) is 55.9. The van der Waals surface area contributed by atoms with Gasteiger partial charge in [0.15, 0.2) is 0 Å². The minimum atomic E-state index is -0.403. The van der Waals surface area contributed by atoms with E-state index in [9.17, 15) is 24.9 Å². The van der Waals surface area contributed by atoms with Gasteiger partial charge in [0.2, 0.25) is 0 Å². The molecule has 2 aliphatic rings. The van der Waals surface area contributed by atoms with Gasteiger partial charge < -0.3 is 30.1 Å². The predicted octanol–water partition coefficient (Wildman–Crippen LogP) is 17.7. The van der Waals surface area contributed by atoms with Crippen LogP contribution in [-0.4, -0.2) is 117 Å². The molecule has 2 saturated heterocycles. The highest BCUT2D eigenvalue weighted by atomic mass is 32.2. The van der Waals surface area contributed by atoms with E-state index in [0.717, 1.165) is 77.3 Å². The monoisotopic (exact) mass is 1130 g/mol. The molecule has 4 N–H and O–H groups in total. The SMILES string of the molecule is CCCCCCCCCCC(O)CSCC1C(=O)OC(CCCCCCCCCC)CN1CC(O)CCCCCCCCCC.CCCCCCCCCCC(O)CSCC1NCC(CCCCCCCCCC)OC1=O. The summed E-state index contributed by atoms with van der Waals surface area (Å²) in [7, 11) is 0. The summed E-state index contributed by atoms with van der Waals surface area (Å²) < 4.78 is 11.6. The first-order valence-electron chi connectivity index (χ1n) is 33.8. The molecule has 2 rings (SSSR count). The van der Waals surface area contributed by atoms with Crippen LogP contribution in [0.5, 0.6) is 0 Å². The van der Waals surface area contributed by atoms with Crippen LogP contribution in [-0.2, 0) is 19.1 Å². The van der Waals surface area contributed by atoms with Crippen molar-refractivity contribution in [3.8, 4) is 0 Å². The van der Waals surface area contributed by atoms with E-state index in [2.05, 4.69) is 44.8 Å². The zero-order chi connectivity index (χ0) is 56.1. The fraction of sp³-hybridized carbons (Fsp3) is 0.970. The smallest absolute Gasteiger partial charge is 0.324 e. The lowest BCUT2D eigenvalue weighted by atomic mass is 10.0. The molecule has 0 bridgehead atoms. The van der Waals surface area contributed by atoms with Gasteiger partial charge in [0.05, 0.1) is 18.3 Å². The van der Waals surface area contributed by atoms with Crippen LogP contribution in [0.2, 0.25) is 0 Å². The van der Waals surface area contributed by atoms with Gasteiger partial charge in [-0.05, 0) is 44.9 Å². The summed E-state index contributed by atoms with van der Waals surface area (Å²) >= 11 is 3.34. The van der Waals surface area contributed by atoms with Gasteiger partial charge in [-0.2, -0.15) is 23.5 Å². The van der Waals surface area contributed by atoms with E-state index in [1.807, 2.05) is 0 Å². The molecular weight excluding hydrogens is 997 g/mol. The molecule has 2 fully saturated rings. The average Bonchev–Trinajstić information content (AvgIpc) is 3.42. The summed E-state index contributed by atoms with van der Waals surface area (Å²) in [6.07, 6.45) is 54.7. The number of aliphatic hydroxyl groups is 3. The highest BCUT2D eigenvalue weighted by Crippen LogP contribution is 2.25. The van der Waals surface area contributed by atoms with Crippen molar-refractivity contribution in [1.29, 1.82) is 0 Å². The number of rotatable bonds is 55. The van der Waals surface area contributed by atoms with Gasteiger partial charge in [0.1, 0.15) is 24.3 Å². The molecule has 9 nitrogen and oxygen atoms in total. The van der Waals surface area contributed by atoms with Gasteiger partial charge in [-0.1, -0.05) is 279 Å². The number of carbonyl (C=O) groups excluding carboxylic acids is 2. The summed E-state index contributed by atoms with van der Waals surface area (Å²) in [6.45, 7) is 13.3. The molecular formula is C66H130N2O7S2. The molecule has 0 saturated carbocycles. The normalized spacial score (nSPS) is 19.2. The van der Waals surface area contributed by atoms with Gasteiger partial charge in [0, 0.05) is 42.6 Å². The highest BCUT2D eigenvalue weighted by molar-refractivity contribution is 7.99. The Balaban J connectivity index is 0.000000815. The Bertz CT molecular complexity index is 1270. The van der Waals surface area contributed by atoms with Crippen LogP contribution in [0.1, 0.15) is 324 Å². The van der Waals surface area contributed by atoms with Crippen molar-refractivity contribution in [2.24, 2.45) is 0 Å². The molecule has 0 amide bonds. The van der Waals surface area contributed by atoms with Crippen molar-refractivity contribution in [2.75, 3.05) is 42.6 Å². The van der Waals surface area contributed by atoms with Crippen LogP contribution in [0.25, 0.3) is 0 Å². The van der Waals surface area contributed by atoms with Crippen molar-refractivity contribution in [3.05, 3.63) is 0 Å². The van der Waals surface area contributed by atoms with Gasteiger partial charge in [0.25, 0.3) is 0 Å². The zero-order valence-corrected chi connectivity index (χ0v) is 53.2. The third-order valence-corrected chi connectivity index (χ3v) is 18.5. The van der Waals surface area contributed by atoms with Crippen molar-refractivity contribution in [1.82, 2.24) is 10.2 Å². The summed E-state index contributed by atoms with van der Waals surface area (Å²) in [5.74, 6) is 2.46. The third kappa shape index (κ3) is 45.6. The molecule has 458 valence electrons. The summed E-state index contributed by atoms with van der Waals surface area (Å²) in [5, 5.41) is 35.1. The number of nitrogens with one attached hydrogen (secondary N) is 1. The topological polar surface area (TPSA) is 129 Å². The molecule has 0 aromatic heterocycles. The van der Waals surface area contributed by atoms with Gasteiger partial charge in [-0.3, -0.25) is 14.5 Å². The predicted molar refractivity (Wildman–Crippen MR) is 336 cm³/mol. The van der Waals surface area contributed by atoms with Crippen LogP contribution in [0.3, 0.4) is 0 Å². The molecule has 0 aromatic carbocycles. The number of morpholine rings is 2. The van der Waals surface area contributed by atoms with E-state index >= 15 is 0 Å². The first-order valence-corrected chi connectivity index (χ1v) is 36.1. The average molecular weight is 1130 g/mol. The number of esters is 2. The largest absolute Gasteiger partial charge is 0.460 e. The Hall–Kier alpha value is -0.560. The van der Waals surface area contributed by atoms with Crippen LogP contribution < -0.4 is 5.32 Å². The molecule has 0 radical (unpaired) electrons. The first-order chi connectivity index (χ1) is 37.7. The lowest BCUT2D eigenvalue weighted by molar-refractivity contribution is -0.166. The number of carbonyl (C=O) groups is 2. The fourth-order valence-corrected chi connectivity index (χ4v) is 13.2. The molecule has 77 heavy (non-hydrogen) atoms. The summed E-state index contributed by atoms with van der Waals surface area (Å²) in [6, 6.07) is -0.543. The van der Waals surface area contributed by atoms with E-state index in [0.29, 0.717) is 29.6 Å². The number of nitrogens with zero attached hydrogens (tertiary/aromatic N) is 1. The van der Waals surface area contributed by atoms with Gasteiger partial charge in [-0.15, -0.1) is 0 Å². The summed E-state index contributed by atoms with van der Waals surface area (Å²) in [5.41, 5.74) is 0. The maximum atomic E-state index is 13.2. The van der Waals surface area contributed by atoms with Gasteiger partial charge in [-0.25, -0.2) is 0 Å². The first kappa shape index (κ1) is 74.5. The Labute approximate surface area is 486 Å². The quantitative estimate of drug-likeness (QED) is 0.0343. The third-order valence-electron chi connectivity index (χ3n) is 16.2. The molecule has 2 heterocycles.